The number of sulfone groups is 1. The Kier molecular flexibility index (Phi) is 3.84. The monoisotopic (exact) mass is 309 g/mol. The number of nitrogens with one attached hydrogen (secondary N) is 1. The van der Waals surface area contributed by atoms with Gasteiger partial charge in [0, 0.05) is 19.3 Å². The van der Waals surface area contributed by atoms with Gasteiger partial charge in [0.2, 0.25) is 5.91 Å². The minimum Gasteiger partial charge on any atom is -0.355 e. The molecule has 1 N–H and O–H groups in total. The minimum atomic E-state index is -3.05. The van der Waals surface area contributed by atoms with Crippen LogP contribution in [0.5, 0.6) is 0 Å². The average molecular weight is 309 g/mol. The van der Waals surface area contributed by atoms with Crippen molar-refractivity contribution in [3.8, 4) is 0 Å². The maximum absolute atomic E-state index is 12.2. The zero-order chi connectivity index (χ0) is 14.9. The average Bonchev–Trinajstić information content (AvgIpc) is 3.08. The lowest BCUT2D eigenvalue weighted by atomic mass is 10.1. The van der Waals surface area contributed by atoms with Gasteiger partial charge in [-0.15, -0.1) is 0 Å². The summed E-state index contributed by atoms with van der Waals surface area (Å²) in [6.07, 6.45) is 4.38. The molecule has 1 aromatic heterocycles. The summed E-state index contributed by atoms with van der Waals surface area (Å²) >= 11 is 0. The van der Waals surface area contributed by atoms with Gasteiger partial charge in [0.05, 0.1) is 23.1 Å². The summed E-state index contributed by atoms with van der Waals surface area (Å²) in [5.74, 6) is 0.185. The van der Waals surface area contributed by atoms with Crippen molar-refractivity contribution in [2.75, 3.05) is 34.8 Å². The molecule has 21 heavy (non-hydrogen) atoms. The summed E-state index contributed by atoms with van der Waals surface area (Å²) in [7, 11) is -3.05. The Hall–Kier alpha value is -1.63. The van der Waals surface area contributed by atoms with Crippen molar-refractivity contribution in [3.05, 3.63) is 18.3 Å². The van der Waals surface area contributed by atoms with Crippen LogP contribution in [-0.2, 0) is 14.6 Å². The summed E-state index contributed by atoms with van der Waals surface area (Å²) in [6.45, 7) is 1.88. The summed E-state index contributed by atoms with van der Waals surface area (Å²) in [6, 6.07) is 3.60. The fraction of sp³-hybridized carbons (Fsp3) is 0.571. The molecule has 0 aromatic carbocycles. The molecule has 2 saturated heterocycles. The highest BCUT2D eigenvalue weighted by molar-refractivity contribution is 7.91. The van der Waals surface area contributed by atoms with Crippen LogP contribution in [0.15, 0.2) is 18.3 Å². The first-order chi connectivity index (χ1) is 10.1. The van der Waals surface area contributed by atoms with Crippen LogP contribution in [0.25, 0.3) is 0 Å². The molecular weight excluding hydrogens is 290 g/mol. The standard InChI is InChI=1S/C14H19N3O3S/c18-14(11-5-9-21(19,20)10-11)16-12-4-3-6-15-13(12)17-7-1-2-8-17/h3-4,6,11H,1-2,5,7-10H2,(H,16,18)/t11-/m0/s1. The lowest BCUT2D eigenvalue weighted by Gasteiger charge is -2.20. The number of hydrogen-bond acceptors (Lipinski definition) is 5. The molecule has 1 atom stereocenters. The molecule has 114 valence electrons. The SMILES string of the molecule is O=C(Nc1cccnc1N1CCCC1)[C@H]1CCS(=O)(=O)C1. The first-order valence-corrected chi connectivity index (χ1v) is 9.08. The molecule has 7 heteroatoms. The third-order valence-electron chi connectivity index (χ3n) is 4.05. The Morgan fingerprint density at radius 1 is 1.33 bits per heavy atom. The molecule has 3 rings (SSSR count). The van der Waals surface area contributed by atoms with E-state index in [9.17, 15) is 13.2 Å². The van der Waals surface area contributed by atoms with Crippen LogP contribution in [0.4, 0.5) is 11.5 Å². The number of rotatable bonds is 3. The summed E-state index contributed by atoms with van der Waals surface area (Å²) in [5, 5.41) is 2.86. The zero-order valence-corrected chi connectivity index (χ0v) is 12.6. The van der Waals surface area contributed by atoms with Crippen LogP contribution in [-0.4, -0.2) is 43.9 Å². The highest BCUT2D eigenvalue weighted by Gasteiger charge is 2.33. The first-order valence-electron chi connectivity index (χ1n) is 7.26. The lowest BCUT2D eigenvalue weighted by Crippen LogP contribution is -2.26. The quantitative estimate of drug-likeness (QED) is 0.903. The van der Waals surface area contributed by atoms with Crippen molar-refractivity contribution < 1.29 is 13.2 Å². The van der Waals surface area contributed by atoms with Gasteiger partial charge in [-0.3, -0.25) is 4.79 Å². The van der Waals surface area contributed by atoms with Gasteiger partial charge in [0.15, 0.2) is 15.7 Å². The van der Waals surface area contributed by atoms with Crippen molar-refractivity contribution in [3.63, 3.8) is 0 Å². The molecule has 2 aliphatic heterocycles. The first kappa shape index (κ1) is 14.3. The number of carbonyl (C=O) groups is 1. The van der Waals surface area contributed by atoms with Gasteiger partial charge in [0.25, 0.3) is 0 Å². The molecule has 6 nitrogen and oxygen atoms in total. The second-order valence-corrected chi connectivity index (χ2v) is 7.89. The van der Waals surface area contributed by atoms with Crippen molar-refractivity contribution >= 4 is 27.2 Å². The predicted octanol–water partition coefficient (Wildman–Crippen LogP) is 1.05. The van der Waals surface area contributed by atoms with Crippen molar-refractivity contribution in [2.45, 2.75) is 19.3 Å². The second kappa shape index (κ2) is 5.63. The summed E-state index contributed by atoms with van der Waals surface area (Å²) < 4.78 is 22.9. The zero-order valence-electron chi connectivity index (χ0n) is 11.8. The molecule has 0 spiro atoms. The van der Waals surface area contributed by atoms with Crippen LogP contribution >= 0.6 is 0 Å². The number of anilines is 2. The van der Waals surface area contributed by atoms with Gasteiger partial charge in [0.1, 0.15) is 0 Å². The molecule has 3 heterocycles. The molecule has 0 unspecified atom stereocenters. The second-order valence-electron chi connectivity index (χ2n) is 5.66. The topological polar surface area (TPSA) is 79.4 Å². The molecule has 2 aliphatic rings. The van der Waals surface area contributed by atoms with E-state index < -0.39 is 15.8 Å². The maximum Gasteiger partial charge on any atom is 0.228 e. The number of hydrogen-bond donors (Lipinski definition) is 1. The highest BCUT2D eigenvalue weighted by Crippen LogP contribution is 2.27. The van der Waals surface area contributed by atoms with E-state index >= 15 is 0 Å². The highest BCUT2D eigenvalue weighted by atomic mass is 32.2. The van der Waals surface area contributed by atoms with Crippen molar-refractivity contribution in [1.82, 2.24) is 4.98 Å². The van der Waals surface area contributed by atoms with Gasteiger partial charge in [-0.2, -0.15) is 0 Å². The smallest absolute Gasteiger partial charge is 0.228 e. The van der Waals surface area contributed by atoms with E-state index in [0.29, 0.717) is 12.1 Å². The molecule has 0 aliphatic carbocycles. The van der Waals surface area contributed by atoms with Crippen LogP contribution in [0, 0.1) is 5.92 Å². The van der Waals surface area contributed by atoms with E-state index in [2.05, 4.69) is 15.2 Å². The van der Waals surface area contributed by atoms with Gasteiger partial charge in [-0.05, 0) is 31.4 Å². The van der Waals surface area contributed by atoms with Crippen molar-refractivity contribution in [1.29, 1.82) is 0 Å². The molecule has 0 saturated carbocycles. The number of amides is 1. The summed E-state index contributed by atoms with van der Waals surface area (Å²) in [5.41, 5.74) is 0.675. The molecule has 1 amide bonds. The molecular formula is C14H19N3O3S. The van der Waals surface area contributed by atoms with Crippen LogP contribution in [0.1, 0.15) is 19.3 Å². The minimum absolute atomic E-state index is 0.0435. The molecule has 2 fully saturated rings. The lowest BCUT2D eigenvalue weighted by molar-refractivity contribution is -0.119. The predicted molar refractivity (Wildman–Crippen MR) is 81.1 cm³/mol. The van der Waals surface area contributed by atoms with E-state index in [1.807, 2.05) is 6.07 Å². The summed E-state index contributed by atoms with van der Waals surface area (Å²) in [4.78, 5) is 18.8. The Balaban J connectivity index is 1.74. The van der Waals surface area contributed by atoms with Gasteiger partial charge >= 0.3 is 0 Å². The van der Waals surface area contributed by atoms with E-state index in [4.69, 9.17) is 0 Å². The third-order valence-corrected chi connectivity index (χ3v) is 5.82. The van der Waals surface area contributed by atoms with Gasteiger partial charge in [-0.1, -0.05) is 0 Å². The van der Waals surface area contributed by atoms with E-state index in [1.165, 1.54) is 0 Å². The Morgan fingerprint density at radius 2 is 2.10 bits per heavy atom. The van der Waals surface area contributed by atoms with E-state index in [0.717, 1.165) is 31.7 Å². The van der Waals surface area contributed by atoms with Gasteiger partial charge in [-0.25, -0.2) is 13.4 Å². The van der Waals surface area contributed by atoms with E-state index in [1.54, 1.807) is 12.3 Å². The fourth-order valence-electron chi connectivity index (χ4n) is 2.91. The number of carbonyl (C=O) groups excluding carboxylic acids is 1. The molecule has 1 aromatic rings. The van der Waals surface area contributed by atoms with Crippen LogP contribution in [0.3, 0.4) is 0 Å². The Morgan fingerprint density at radius 3 is 2.76 bits per heavy atom. The number of nitrogens with zero attached hydrogens (tertiary/aromatic N) is 2. The Labute approximate surface area is 124 Å². The van der Waals surface area contributed by atoms with Crippen LogP contribution < -0.4 is 10.2 Å². The molecule has 0 radical (unpaired) electrons. The Bertz CT molecular complexity index is 639. The van der Waals surface area contributed by atoms with Crippen LogP contribution in [0.2, 0.25) is 0 Å². The maximum atomic E-state index is 12.2. The fourth-order valence-corrected chi connectivity index (χ4v) is 4.65. The third kappa shape index (κ3) is 3.18. The van der Waals surface area contributed by atoms with E-state index in [-0.39, 0.29) is 17.4 Å². The van der Waals surface area contributed by atoms with Gasteiger partial charge < -0.3 is 10.2 Å². The largest absolute Gasteiger partial charge is 0.355 e. The molecule has 0 bridgehead atoms. The number of pyridine rings is 1. The normalized spacial score (nSPS) is 24.2. The number of aromatic nitrogens is 1. The van der Waals surface area contributed by atoms with Crippen molar-refractivity contribution in [2.24, 2.45) is 5.92 Å².